The monoisotopic (exact) mass is 384 g/mol. The summed E-state index contributed by atoms with van der Waals surface area (Å²) in [4.78, 5) is 30.2. The molecule has 5 rings (SSSR count). The number of aromatic nitrogens is 2. The maximum Gasteiger partial charge on any atom is 0.201 e. The number of phenols is 2. The maximum absolute atomic E-state index is 13.0. The fourth-order valence-electron chi connectivity index (χ4n) is 3.93. The minimum atomic E-state index is -0.555. The molecule has 4 aromatic rings. The molecule has 142 valence electrons. The van der Waals surface area contributed by atoms with Crippen molar-refractivity contribution in [3.63, 3.8) is 0 Å². The first-order chi connectivity index (χ1) is 13.9. The zero-order chi connectivity index (χ0) is 20.3. The van der Waals surface area contributed by atoms with Crippen LogP contribution in [0, 0.1) is 6.92 Å². The van der Waals surface area contributed by atoms with Crippen molar-refractivity contribution in [1.82, 2.24) is 9.55 Å². The van der Waals surface area contributed by atoms with E-state index in [9.17, 15) is 19.8 Å². The third-order valence-corrected chi connectivity index (χ3v) is 5.29. The van der Waals surface area contributed by atoms with Crippen molar-refractivity contribution in [2.24, 2.45) is 0 Å². The van der Waals surface area contributed by atoms with Gasteiger partial charge in [-0.2, -0.15) is 0 Å². The van der Waals surface area contributed by atoms with Crippen molar-refractivity contribution in [2.45, 2.75) is 13.5 Å². The van der Waals surface area contributed by atoms with Gasteiger partial charge in [0.1, 0.15) is 11.5 Å². The van der Waals surface area contributed by atoms with E-state index in [0.717, 1.165) is 16.6 Å². The molecule has 1 aromatic heterocycles. The van der Waals surface area contributed by atoms with Crippen LogP contribution in [0.15, 0.2) is 54.9 Å². The summed E-state index contributed by atoms with van der Waals surface area (Å²) in [6, 6.07) is 13.5. The molecule has 3 aromatic carbocycles. The molecule has 0 spiro atoms. The molecule has 29 heavy (non-hydrogen) atoms. The second kappa shape index (κ2) is 6.04. The average molecular weight is 384 g/mol. The van der Waals surface area contributed by atoms with Crippen LogP contribution in [0.3, 0.4) is 0 Å². The molecule has 1 aliphatic rings. The second-order valence-corrected chi connectivity index (χ2v) is 7.26. The van der Waals surface area contributed by atoms with Crippen molar-refractivity contribution in [2.75, 3.05) is 0 Å². The molecule has 0 atom stereocenters. The number of ketones is 2. The Hall–Kier alpha value is -3.93. The van der Waals surface area contributed by atoms with Gasteiger partial charge >= 0.3 is 0 Å². The van der Waals surface area contributed by atoms with E-state index in [-0.39, 0.29) is 33.8 Å². The van der Waals surface area contributed by atoms with Gasteiger partial charge in [-0.3, -0.25) is 9.59 Å². The molecule has 6 heteroatoms. The van der Waals surface area contributed by atoms with Crippen LogP contribution in [0.1, 0.15) is 43.0 Å². The maximum atomic E-state index is 13.0. The number of nitrogens with zero attached hydrogens (tertiary/aromatic N) is 2. The standard InChI is InChI=1S/C23H16N2O4/c1-12-5-6-17-16(7-12)24-11-25(17)10-13-8-15-21(19(27)9-13)23(29)20-14(22(15)28)3-2-4-18(20)26/h2-9,11,26-27H,10H2,1H3. The van der Waals surface area contributed by atoms with Crippen molar-refractivity contribution in [3.8, 4) is 11.5 Å². The second-order valence-electron chi connectivity index (χ2n) is 7.26. The lowest BCUT2D eigenvalue weighted by Crippen LogP contribution is -2.21. The van der Waals surface area contributed by atoms with Crippen LogP contribution < -0.4 is 0 Å². The lowest BCUT2D eigenvalue weighted by Gasteiger charge is -2.20. The molecule has 1 aliphatic carbocycles. The Kier molecular flexibility index (Phi) is 3.58. The molecule has 0 aliphatic heterocycles. The number of phenolic OH excluding ortho intramolecular Hbond substituents is 2. The van der Waals surface area contributed by atoms with Gasteiger partial charge in [-0.15, -0.1) is 0 Å². The van der Waals surface area contributed by atoms with Crippen LogP contribution in [-0.2, 0) is 6.54 Å². The van der Waals surface area contributed by atoms with E-state index in [1.807, 2.05) is 29.7 Å². The summed E-state index contributed by atoms with van der Waals surface area (Å²) in [6.45, 7) is 2.38. The molecule has 0 saturated heterocycles. The van der Waals surface area contributed by atoms with Crippen LogP contribution in [0.5, 0.6) is 11.5 Å². The SMILES string of the molecule is Cc1ccc2c(c1)ncn2Cc1cc(O)c2c(c1)C(=O)c1cccc(O)c1C2=O. The van der Waals surface area contributed by atoms with Crippen molar-refractivity contribution in [1.29, 1.82) is 0 Å². The number of fused-ring (bicyclic) bond motifs is 3. The highest BCUT2D eigenvalue weighted by molar-refractivity contribution is 6.30. The highest BCUT2D eigenvalue weighted by atomic mass is 16.3. The minimum absolute atomic E-state index is 0.0657. The van der Waals surface area contributed by atoms with Crippen LogP contribution >= 0.6 is 0 Å². The first-order valence-electron chi connectivity index (χ1n) is 9.13. The zero-order valence-electron chi connectivity index (χ0n) is 15.5. The number of aromatic hydroxyl groups is 2. The Labute approximate surface area is 165 Å². The first kappa shape index (κ1) is 17.2. The average Bonchev–Trinajstić information content (AvgIpc) is 3.07. The Balaban J connectivity index is 1.61. The smallest absolute Gasteiger partial charge is 0.201 e. The highest BCUT2D eigenvalue weighted by Crippen LogP contribution is 2.37. The van der Waals surface area contributed by atoms with Gasteiger partial charge in [-0.1, -0.05) is 18.2 Å². The lowest BCUT2D eigenvalue weighted by atomic mass is 9.82. The molecule has 0 bridgehead atoms. The number of hydrogen-bond acceptors (Lipinski definition) is 5. The zero-order valence-corrected chi connectivity index (χ0v) is 15.5. The van der Waals surface area contributed by atoms with Crippen molar-refractivity contribution >= 4 is 22.6 Å². The molecule has 1 heterocycles. The van der Waals surface area contributed by atoms with Gasteiger partial charge in [-0.05, 0) is 48.4 Å². The van der Waals surface area contributed by atoms with E-state index in [1.165, 1.54) is 24.3 Å². The van der Waals surface area contributed by atoms with E-state index < -0.39 is 11.6 Å². The Morgan fingerprint density at radius 2 is 1.69 bits per heavy atom. The summed E-state index contributed by atoms with van der Waals surface area (Å²) in [5.74, 6) is -1.49. The van der Waals surface area contributed by atoms with E-state index in [4.69, 9.17) is 0 Å². The predicted octanol–water partition coefficient (Wildman–Crippen LogP) is 3.58. The molecule has 0 fully saturated rings. The van der Waals surface area contributed by atoms with Gasteiger partial charge in [0.15, 0.2) is 5.78 Å². The summed E-state index contributed by atoms with van der Waals surface area (Å²) < 4.78 is 1.92. The first-order valence-corrected chi connectivity index (χ1v) is 9.13. The van der Waals surface area contributed by atoms with Crippen LogP contribution in [0.25, 0.3) is 11.0 Å². The molecule has 0 saturated carbocycles. The van der Waals surface area contributed by atoms with E-state index in [0.29, 0.717) is 12.1 Å². The largest absolute Gasteiger partial charge is 0.507 e. The quantitative estimate of drug-likeness (QED) is 0.485. The summed E-state index contributed by atoms with van der Waals surface area (Å²) in [5.41, 5.74) is 3.73. The van der Waals surface area contributed by atoms with Gasteiger partial charge in [0, 0.05) is 17.7 Å². The number of carbonyl (C=O) groups excluding carboxylic acids is 2. The fourth-order valence-corrected chi connectivity index (χ4v) is 3.93. The molecule has 0 unspecified atom stereocenters. The van der Waals surface area contributed by atoms with Crippen LogP contribution in [-0.4, -0.2) is 31.3 Å². The summed E-state index contributed by atoms with van der Waals surface area (Å²) in [6.07, 6.45) is 1.71. The third-order valence-electron chi connectivity index (χ3n) is 5.29. The topological polar surface area (TPSA) is 92.4 Å². The number of rotatable bonds is 2. The van der Waals surface area contributed by atoms with Crippen molar-refractivity contribution < 1.29 is 19.8 Å². The Morgan fingerprint density at radius 3 is 2.52 bits per heavy atom. The van der Waals surface area contributed by atoms with Gasteiger partial charge in [-0.25, -0.2) is 4.98 Å². The number of carbonyl (C=O) groups is 2. The normalized spacial score (nSPS) is 12.9. The van der Waals surface area contributed by atoms with Gasteiger partial charge in [0.25, 0.3) is 0 Å². The number of hydrogen-bond donors (Lipinski definition) is 2. The number of imidazole rings is 1. The van der Waals surface area contributed by atoms with E-state index in [2.05, 4.69) is 4.98 Å². The third kappa shape index (κ3) is 2.53. The molecular formula is C23H16N2O4. The van der Waals surface area contributed by atoms with Gasteiger partial charge in [0.2, 0.25) is 5.78 Å². The number of benzene rings is 3. The minimum Gasteiger partial charge on any atom is -0.507 e. The van der Waals surface area contributed by atoms with Gasteiger partial charge in [0.05, 0.1) is 28.5 Å². The summed E-state index contributed by atoms with van der Waals surface area (Å²) in [7, 11) is 0. The van der Waals surface area contributed by atoms with E-state index in [1.54, 1.807) is 12.4 Å². The summed E-state index contributed by atoms with van der Waals surface area (Å²) in [5, 5.41) is 20.6. The molecule has 6 nitrogen and oxygen atoms in total. The number of aryl methyl sites for hydroxylation is 1. The summed E-state index contributed by atoms with van der Waals surface area (Å²) >= 11 is 0. The Morgan fingerprint density at radius 1 is 0.897 bits per heavy atom. The lowest BCUT2D eigenvalue weighted by molar-refractivity contribution is 0.0974. The predicted molar refractivity (Wildman–Crippen MR) is 107 cm³/mol. The van der Waals surface area contributed by atoms with E-state index >= 15 is 0 Å². The van der Waals surface area contributed by atoms with Gasteiger partial charge < -0.3 is 14.8 Å². The van der Waals surface area contributed by atoms with Crippen molar-refractivity contribution in [3.05, 3.63) is 88.2 Å². The fraction of sp³-hybridized carbons (Fsp3) is 0.0870. The molecule has 0 radical (unpaired) electrons. The molecular weight excluding hydrogens is 368 g/mol. The van der Waals surface area contributed by atoms with Crippen LogP contribution in [0.4, 0.5) is 0 Å². The molecule has 2 N–H and O–H groups in total. The Bertz CT molecular complexity index is 1350. The molecule has 0 amide bonds. The van der Waals surface area contributed by atoms with Crippen LogP contribution in [0.2, 0.25) is 0 Å². The highest BCUT2D eigenvalue weighted by Gasteiger charge is 2.34.